The summed E-state index contributed by atoms with van der Waals surface area (Å²) < 4.78 is 6.12. The van der Waals surface area contributed by atoms with Crippen LogP contribution in [0.2, 0.25) is 5.02 Å². The first-order valence-electron chi connectivity index (χ1n) is 5.32. The largest absolute Gasteiger partial charge is 0.453 e. The molecule has 1 aromatic carbocycles. The molecule has 1 heterocycles. The molecule has 0 bridgehead atoms. The van der Waals surface area contributed by atoms with E-state index in [1.165, 1.54) is 0 Å². The van der Waals surface area contributed by atoms with E-state index in [9.17, 15) is 0 Å². The maximum absolute atomic E-state index is 6.17. The molecule has 0 fully saturated rings. The zero-order valence-electron chi connectivity index (χ0n) is 9.41. The van der Waals surface area contributed by atoms with Gasteiger partial charge in [-0.05, 0) is 58.6 Å². The van der Waals surface area contributed by atoms with E-state index in [0.29, 0.717) is 11.1 Å². The van der Waals surface area contributed by atoms with Crippen molar-refractivity contribution in [2.45, 2.75) is 19.4 Å². The van der Waals surface area contributed by atoms with E-state index < -0.39 is 0 Å². The highest BCUT2D eigenvalue weighted by molar-refractivity contribution is 9.10. The monoisotopic (exact) mass is 313 g/mol. The fraction of sp³-hybridized carbons (Fsp3) is 0.231. The lowest BCUT2D eigenvalue weighted by molar-refractivity contribution is 0.448. The van der Waals surface area contributed by atoms with E-state index in [4.69, 9.17) is 21.8 Å². The molecule has 2 nitrogen and oxygen atoms in total. The minimum Gasteiger partial charge on any atom is -0.453 e. The minimum atomic E-state index is -0.179. The summed E-state index contributed by atoms with van der Waals surface area (Å²) in [6.45, 7) is 2.01. The van der Waals surface area contributed by atoms with Gasteiger partial charge in [-0.3, -0.25) is 0 Å². The number of aryl methyl sites for hydroxylation is 1. The number of hydrogen-bond donors (Lipinski definition) is 1. The first kappa shape index (κ1) is 12.7. The van der Waals surface area contributed by atoms with Gasteiger partial charge in [-0.25, -0.2) is 0 Å². The van der Waals surface area contributed by atoms with Gasteiger partial charge in [0.15, 0.2) is 4.67 Å². The van der Waals surface area contributed by atoms with Crippen LogP contribution >= 0.6 is 27.5 Å². The molecule has 0 radical (unpaired) electrons. The fourth-order valence-electron chi connectivity index (χ4n) is 1.68. The van der Waals surface area contributed by atoms with Crippen molar-refractivity contribution in [1.29, 1.82) is 0 Å². The van der Waals surface area contributed by atoms with Gasteiger partial charge in [0, 0.05) is 5.02 Å². The minimum absolute atomic E-state index is 0.179. The van der Waals surface area contributed by atoms with E-state index in [0.717, 1.165) is 21.9 Å². The Morgan fingerprint density at radius 1 is 1.35 bits per heavy atom. The number of hydrogen-bond acceptors (Lipinski definition) is 2. The van der Waals surface area contributed by atoms with E-state index in [2.05, 4.69) is 15.9 Å². The van der Waals surface area contributed by atoms with E-state index >= 15 is 0 Å². The van der Waals surface area contributed by atoms with Crippen molar-refractivity contribution in [1.82, 2.24) is 0 Å². The molecule has 1 atom stereocenters. The van der Waals surface area contributed by atoms with Crippen LogP contribution in [0.4, 0.5) is 0 Å². The van der Waals surface area contributed by atoms with Crippen LogP contribution in [0.1, 0.15) is 22.9 Å². The molecule has 1 aromatic heterocycles. The molecule has 2 rings (SSSR count). The third-order valence-electron chi connectivity index (χ3n) is 2.61. The summed E-state index contributed by atoms with van der Waals surface area (Å²) in [5.74, 6) is 0.758. The van der Waals surface area contributed by atoms with Gasteiger partial charge in [0.25, 0.3) is 0 Å². The summed E-state index contributed by atoms with van der Waals surface area (Å²) in [6.07, 6.45) is 0.666. The first-order valence-corrected chi connectivity index (χ1v) is 6.49. The molecule has 90 valence electrons. The molecule has 4 heteroatoms. The number of rotatable bonds is 3. The van der Waals surface area contributed by atoms with Gasteiger partial charge in [0.05, 0.1) is 6.04 Å². The molecular weight excluding hydrogens is 302 g/mol. The third kappa shape index (κ3) is 3.12. The molecule has 0 aliphatic rings. The van der Waals surface area contributed by atoms with E-state index in [-0.39, 0.29) is 6.04 Å². The van der Waals surface area contributed by atoms with Crippen LogP contribution in [-0.2, 0) is 6.42 Å². The normalized spacial score (nSPS) is 12.7. The highest BCUT2D eigenvalue weighted by atomic mass is 79.9. The van der Waals surface area contributed by atoms with Crippen LogP contribution in [-0.4, -0.2) is 0 Å². The Balaban J connectivity index is 2.15. The lowest BCUT2D eigenvalue weighted by atomic mass is 10.0. The summed E-state index contributed by atoms with van der Waals surface area (Å²) in [5.41, 5.74) is 8.26. The number of furan rings is 1. The molecule has 0 spiro atoms. The van der Waals surface area contributed by atoms with Gasteiger partial charge in [-0.1, -0.05) is 23.7 Å². The van der Waals surface area contributed by atoms with Gasteiger partial charge in [-0.2, -0.15) is 0 Å². The van der Waals surface area contributed by atoms with Crippen LogP contribution in [0.15, 0.2) is 39.4 Å². The van der Waals surface area contributed by atoms with Gasteiger partial charge < -0.3 is 10.2 Å². The molecule has 17 heavy (non-hydrogen) atoms. The van der Waals surface area contributed by atoms with Crippen LogP contribution in [0.5, 0.6) is 0 Å². The highest BCUT2D eigenvalue weighted by Gasteiger charge is 2.13. The summed E-state index contributed by atoms with van der Waals surface area (Å²) in [7, 11) is 0. The number of nitrogens with two attached hydrogens (primary N) is 1. The summed E-state index contributed by atoms with van der Waals surface area (Å²) in [6, 6.07) is 9.52. The Kier molecular flexibility index (Phi) is 3.92. The molecule has 1 unspecified atom stereocenters. The fourth-order valence-corrected chi connectivity index (χ4v) is 2.31. The first-order chi connectivity index (χ1) is 8.06. The third-order valence-corrected chi connectivity index (χ3v) is 3.39. The predicted octanol–water partition coefficient (Wildman–Crippen LogP) is 4.25. The SMILES string of the molecule is Cc1ccc(CC(N)c2ccc(Br)o2)c(Cl)c1. The van der Waals surface area contributed by atoms with Crippen molar-refractivity contribution in [3.63, 3.8) is 0 Å². The zero-order chi connectivity index (χ0) is 12.4. The van der Waals surface area contributed by atoms with Crippen molar-refractivity contribution in [2.24, 2.45) is 5.73 Å². The van der Waals surface area contributed by atoms with Crippen molar-refractivity contribution in [3.05, 3.63) is 56.9 Å². The molecule has 0 amide bonds. The second-order valence-corrected chi connectivity index (χ2v) is 5.24. The van der Waals surface area contributed by atoms with Crippen molar-refractivity contribution in [2.75, 3.05) is 0 Å². The average Bonchev–Trinajstić information content (AvgIpc) is 2.69. The molecule has 2 aromatic rings. The van der Waals surface area contributed by atoms with Crippen molar-refractivity contribution < 1.29 is 4.42 Å². The molecular formula is C13H13BrClNO. The number of halogens is 2. The quantitative estimate of drug-likeness (QED) is 0.920. The van der Waals surface area contributed by atoms with Gasteiger partial charge in [0.2, 0.25) is 0 Å². The molecule has 0 aliphatic carbocycles. The van der Waals surface area contributed by atoms with Gasteiger partial charge in [0.1, 0.15) is 5.76 Å². The zero-order valence-corrected chi connectivity index (χ0v) is 11.8. The van der Waals surface area contributed by atoms with Crippen molar-refractivity contribution >= 4 is 27.5 Å². The Labute approximate surface area is 114 Å². The molecule has 0 aliphatic heterocycles. The van der Waals surface area contributed by atoms with Crippen LogP contribution in [0.25, 0.3) is 0 Å². The van der Waals surface area contributed by atoms with Gasteiger partial charge >= 0.3 is 0 Å². The molecule has 0 saturated carbocycles. The van der Waals surface area contributed by atoms with Crippen molar-refractivity contribution in [3.8, 4) is 0 Å². The van der Waals surface area contributed by atoms with E-state index in [1.807, 2.05) is 37.3 Å². The topological polar surface area (TPSA) is 39.2 Å². The average molecular weight is 315 g/mol. The Bertz CT molecular complexity index is 524. The smallest absolute Gasteiger partial charge is 0.169 e. The summed E-state index contributed by atoms with van der Waals surface area (Å²) >= 11 is 9.43. The Morgan fingerprint density at radius 2 is 2.12 bits per heavy atom. The second-order valence-electron chi connectivity index (χ2n) is 4.05. The standard InChI is InChI=1S/C13H13BrClNO/c1-8-2-3-9(10(15)6-8)7-11(16)12-4-5-13(14)17-12/h2-6,11H,7,16H2,1H3. The summed E-state index contributed by atoms with van der Waals surface area (Å²) in [5, 5.41) is 0.756. The Hall–Kier alpha value is -0.770. The van der Waals surface area contributed by atoms with Gasteiger partial charge in [-0.15, -0.1) is 0 Å². The second kappa shape index (κ2) is 5.25. The highest BCUT2D eigenvalue weighted by Crippen LogP contribution is 2.25. The maximum Gasteiger partial charge on any atom is 0.169 e. The van der Waals surface area contributed by atoms with Crippen LogP contribution < -0.4 is 5.73 Å². The lowest BCUT2D eigenvalue weighted by Crippen LogP contribution is -2.12. The van der Waals surface area contributed by atoms with Crippen LogP contribution in [0, 0.1) is 6.92 Å². The molecule has 0 saturated heterocycles. The molecule has 2 N–H and O–H groups in total. The van der Waals surface area contributed by atoms with E-state index in [1.54, 1.807) is 0 Å². The Morgan fingerprint density at radius 3 is 2.71 bits per heavy atom. The maximum atomic E-state index is 6.17. The number of benzene rings is 1. The summed E-state index contributed by atoms with van der Waals surface area (Å²) in [4.78, 5) is 0. The lowest BCUT2D eigenvalue weighted by Gasteiger charge is -2.10. The predicted molar refractivity (Wildman–Crippen MR) is 73.2 cm³/mol. The van der Waals surface area contributed by atoms with Crippen LogP contribution in [0.3, 0.4) is 0 Å².